The summed E-state index contributed by atoms with van der Waals surface area (Å²) in [5.74, 6) is 0.673. The second kappa shape index (κ2) is 7.19. The smallest absolute Gasteiger partial charge is 0.265 e. The van der Waals surface area contributed by atoms with Crippen LogP contribution in [0.5, 0.6) is 5.75 Å². The molecule has 156 valence electrons. The van der Waals surface area contributed by atoms with Crippen molar-refractivity contribution in [2.75, 3.05) is 7.11 Å². The maximum atomic E-state index is 13.6. The van der Waals surface area contributed by atoms with Gasteiger partial charge in [0.2, 0.25) is 0 Å². The fourth-order valence-corrected chi connectivity index (χ4v) is 3.96. The van der Waals surface area contributed by atoms with Crippen LogP contribution in [0.1, 0.15) is 31.9 Å². The average molecular weight is 413 g/mol. The van der Waals surface area contributed by atoms with Gasteiger partial charge in [-0.3, -0.25) is 13.9 Å². The highest BCUT2D eigenvalue weighted by molar-refractivity contribution is 6.06. The van der Waals surface area contributed by atoms with Crippen molar-refractivity contribution < 1.29 is 4.74 Å². The molecule has 5 rings (SSSR count). The summed E-state index contributed by atoms with van der Waals surface area (Å²) in [5, 5.41) is 0.472. The molecule has 7 heteroatoms. The minimum atomic E-state index is -0.112. The van der Waals surface area contributed by atoms with Gasteiger partial charge < -0.3 is 4.74 Å². The van der Waals surface area contributed by atoms with Crippen LogP contribution < -0.4 is 10.3 Å². The van der Waals surface area contributed by atoms with Crippen LogP contribution in [-0.2, 0) is 0 Å². The number of aromatic nitrogens is 5. The third-order valence-electron chi connectivity index (χ3n) is 5.83. The van der Waals surface area contributed by atoms with Gasteiger partial charge in [-0.2, -0.15) is 0 Å². The van der Waals surface area contributed by atoms with E-state index in [1.807, 2.05) is 60.9 Å². The van der Waals surface area contributed by atoms with Crippen LogP contribution in [-0.4, -0.2) is 31.2 Å². The van der Waals surface area contributed by atoms with E-state index < -0.39 is 0 Å². The zero-order chi connectivity index (χ0) is 21.7. The van der Waals surface area contributed by atoms with E-state index in [4.69, 9.17) is 19.7 Å². The van der Waals surface area contributed by atoms with Crippen LogP contribution in [0, 0.1) is 6.92 Å². The first-order chi connectivity index (χ1) is 15.0. The lowest BCUT2D eigenvalue weighted by molar-refractivity contribution is 0.413. The van der Waals surface area contributed by atoms with E-state index in [1.54, 1.807) is 18.0 Å². The van der Waals surface area contributed by atoms with E-state index in [-0.39, 0.29) is 11.6 Å². The highest BCUT2D eigenvalue weighted by Crippen LogP contribution is 2.33. The number of rotatable bonds is 4. The van der Waals surface area contributed by atoms with Gasteiger partial charge in [0.1, 0.15) is 23.0 Å². The monoisotopic (exact) mass is 413 g/mol. The van der Waals surface area contributed by atoms with Crippen LogP contribution in [0.3, 0.4) is 0 Å². The molecule has 0 amide bonds. The zero-order valence-electron chi connectivity index (χ0n) is 18.0. The van der Waals surface area contributed by atoms with Gasteiger partial charge in [0.25, 0.3) is 5.56 Å². The van der Waals surface area contributed by atoms with E-state index in [9.17, 15) is 4.79 Å². The van der Waals surface area contributed by atoms with E-state index in [0.29, 0.717) is 27.9 Å². The number of nitrogens with zero attached hydrogens (tertiary/aromatic N) is 5. The quantitative estimate of drug-likeness (QED) is 0.431. The Morgan fingerprint density at radius 3 is 2.52 bits per heavy atom. The summed E-state index contributed by atoms with van der Waals surface area (Å²) in [4.78, 5) is 28.0. The normalized spacial score (nSPS) is 12.6. The third kappa shape index (κ3) is 2.88. The molecule has 0 bridgehead atoms. The van der Waals surface area contributed by atoms with Crippen LogP contribution in [0.2, 0.25) is 0 Å². The first kappa shape index (κ1) is 19.2. The molecule has 0 spiro atoms. The second-order valence-corrected chi connectivity index (χ2v) is 7.81. The van der Waals surface area contributed by atoms with Crippen LogP contribution in [0.25, 0.3) is 38.9 Å². The van der Waals surface area contributed by atoms with E-state index >= 15 is 0 Å². The van der Waals surface area contributed by atoms with Gasteiger partial charge in [0, 0.05) is 6.04 Å². The topological polar surface area (TPSA) is 74.8 Å². The lowest BCUT2D eigenvalue weighted by Gasteiger charge is -2.14. The maximum absolute atomic E-state index is 13.6. The summed E-state index contributed by atoms with van der Waals surface area (Å²) < 4.78 is 9.20. The van der Waals surface area contributed by atoms with Crippen molar-refractivity contribution in [3.8, 4) is 11.4 Å². The summed E-state index contributed by atoms with van der Waals surface area (Å²) in [5.41, 5.74) is 4.89. The summed E-state index contributed by atoms with van der Waals surface area (Å²) in [7, 11) is 1.63. The molecular formula is C24H23N5O2. The summed E-state index contributed by atoms with van der Waals surface area (Å²) in [6.45, 7) is 6.08. The average Bonchev–Trinajstić information content (AvgIpc) is 3.11. The molecule has 7 nitrogen and oxygen atoms in total. The first-order valence-corrected chi connectivity index (χ1v) is 10.4. The number of aryl methyl sites for hydroxylation is 1. The predicted octanol–water partition coefficient (Wildman–Crippen LogP) is 4.57. The molecule has 0 radical (unpaired) electrons. The van der Waals surface area contributed by atoms with Crippen molar-refractivity contribution >= 4 is 33.2 Å². The zero-order valence-corrected chi connectivity index (χ0v) is 18.0. The van der Waals surface area contributed by atoms with Gasteiger partial charge in [-0.05, 0) is 50.1 Å². The lowest BCUT2D eigenvalue weighted by Crippen LogP contribution is -2.23. The summed E-state index contributed by atoms with van der Waals surface area (Å²) >= 11 is 0. The highest BCUT2D eigenvalue weighted by Gasteiger charge is 2.23. The minimum absolute atomic E-state index is 0.0321. The molecule has 0 aliphatic rings. The summed E-state index contributed by atoms with van der Waals surface area (Å²) in [6, 6.07) is 13.6. The van der Waals surface area contributed by atoms with Gasteiger partial charge in [-0.25, -0.2) is 15.0 Å². The van der Waals surface area contributed by atoms with Gasteiger partial charge in [-0.1, -0.05) is 25.1 Å². The fraction of sp³-hybridized carbons (Fsp3) is 0.250. The Bertz CT molecular complexity index is 1520. The standard InChI is InChI=1S/C24H23N5O2/c1-5-15(3)28-13-25-22-20(24(28)30)21-23(27-17-9-7-6-8-16(17)26-21)29(22)18-12-14(2)10-11-19(18)31-4/h6-13,15H,5H2,1-4H3/t15-/m0/s1. The predicted molar refractivity (Wildman–Crippen MR) is 122 cm³/mol. The van der Waals surface area contributed by atoms with E-state index in [1.165, 1.54) is 0 Å². The highest BCUT2D eigenvalue weighted by atomic mass is 16.5. The van der Waals surface area contributed by atoms with Crippen molar-refractivity contribution in [1.82, 2.24) is 24.1 Å². The van der Waals surface area contributed by atoms with Crippen LogP contribution in [0.4, 0.5) is 0 Å². The van der Waals surface area contributed by atoms with Gasteiger partial charge in [0.15, 0.2) is 11.3 Å². The van der Waals surface area contributed by atoms with Gasteiger partial charge >= 0.3 is 0 Å². The molecule has 1 atom stereocenters. The Labute approximate surface area is 179 Å². The molecule has 0 saturated heterocycles. The third-order valence-corrected chi connectivity index (χ3v) is 5.83. The SMILES string of the molecule is CC[C@H](C)n1cnc2c(c1=O)c1nc3ccccc3nc1n2-c1cc(C)ccc1OC. The number of benzene rings is 2. The second-order valence-electron chi connectivity index (χ2n) is 7.81. The number of hydrogen-bond donors (Lipinski definition) is 0. The van der Waals surface area contributed by atoms with Crippen molar-refractivity contribution in [2.45, 2.75) is 33.2 Å². The Kier molecular flexibility index (Phi) is 4.46. The number of methoxy groups -OCH3 is 1. The van der Waals surface area contributed by atoms with E-state index in [0.717, 1.165) is 28.7 Å². The molecule has 0 N–H and O–H groups in total. The van der Waals surface area contributed by atoms with Crippen LogP contribution in [0.15, 0.2) is 53.6 Å². The Hall–Kier alpha value is -3.74. The van der Waals surface area contributed by atoms with Gasteiger partial charge in [-0.15, -0.1) is 0 Å². The van der Waals surface area contributed by atoms with Crippen molar-refractivity contribution in [2.24, 2.45) is 0 Å². The Morgan fingerprint density at radius 1 is 1.06 bits per heavy atom. The molecular weight excluding hydrogens is 390 g/mol. The Balaban J connectivity index is 2.01. The molecule has 0 saturated carbocycles. The van der Waals surface area contributed by atoms with E-state index in [2.05, 4.69) is 6.92 Å². The van der Waals surface area contributed by atoms with Crippen molar-refractivity contribution in [3.05, 3.63) is 64.7 Å². The molecule has 0 unspecified atom stereocenters. The molecule has 2 aromatic carbocycles. The Morgan fingerprint density at radius 2 is 1.81 bits per heavy atom. The molecule has 3 heterocycles. The molecule has 5 aromatic rings. The lowest BCUT2D eigenvalue weighted by atomic mass is 10.2. The number of hydrogen-bond acceptors (Lipinski definition) is 5. The van der Waals surface area contributed by atoms with Crippen molar-refractivity contribution in [1.29, 1.82) is 0 Å². The fourth-order valence-electron chi connectivity index (χ4n) is 3.96. The minimum Gasteiger partial charge on any atom is -0.495 e. The van der Waals surface area contributed by atoms with Crippen LogP contribution >= 0.6 is 0 Å². The largest absolute Gasteiger partial charge is 0.495 e. The molecule has 3 aromatic heterocycles. The maximum Gasteiger partial charge on any atom is 0.265 e. The molecule has 0 aliphatic carbocycles. The molecule has 0 aliphatic heterocycles. The van der Waals surface area contributed by atoms with Crippen molar-refractivity contribution in [3.63, 3.8) is 0 Å². The number of ether oxygens (including phenoxy) is 1. The summed E-state index contributed by atoms with van der Waals surface area (Å²) in [6.07, 6.45) is 2.45. The molecule has 31 heavy (non-hydrogen) atoms. The first-order valence-electron chi connectivity index (χ1n) is 10.4. The number of fused-ring (bicyclic) bond motifs is 4. The van der Waals surface area contributed by atoms with Gasteiger partial charge in [0.05, 0.1) is 23.8 Å². The number of para-hydroxylation sites is 2. The molecule has 0 fully saturated rings.